The van der Waals surface area contributed by atoms with Crippen LogP contribution in [0.4, 0.5) is 18.9 Å². The lowest BCUT2D eigenvalue weighted by Crippen LogP contribution is -2.42. The van der Waals surface area contributed by atoms with Gasteiger partial charge in [0.25, 0.3) is 10.0 Å². The van der Waals surface area contributed by atoms with Crippen molar-refractivity contribution in [2.45, 2.75) is 37.4 Å². The van der Waals surface area contributed by atoms with Gasteiger partial charge in [-0.15, -0.1) is 0 Å². The zero-order chi connectivity index (χ0) is 28.8. The molecule has 0 saturated carbocycles. The van der Waals surface area contributed by atoms with Crippen LogP contribution in [0.25, 0.3) is 0 Å². The van der Waals surface area contributed by atoms with Crippen molar-refractivity contribution in [3.05, 3.63) is 83.9 Å². The summed E-state index contributed by atoms with van der Waals surface area (Å²) in [6.45, 7) is 3.22. The number of hydrogen-bond donors (Lipinski definition) is 1. The summed E-state index contributed by atoms with van der Waals surface area (Å²) in [5.74, 6) is -0.108. The summed E-state index contributed by atoms with van der Waals surface area (Å²) >= 11 is 0. The minimum absolute atomic E-state index is 0.105. The molecule has 1 N–H and O–H groups in total. The zero-order valence-electron chi connectivity index (χ0n) is 22.0. The average molecular weight is 565 g/mol. The number of nitrogens with zero attached hydrogens (tertiary/aromatic N) is 1. The number of alkyl halides is 3. The molecule has 0 aromatic heterocycles. The lowest BCUT2D eigenvalue weighted by Gasteiger charge is -2.27. The molecule has 0 aliphatic heterocycles. The molecule has 7 nitrogen and oxygen atoms in total. The normalized spacial score (nSPS) is 12.6. The van der Waals surface area contributed by atoms with Crippen LogP contribution in [0.1, 0.15) is 37.4 Å². The summed E-state index contributed by atoms with van der Waals surface area (Å²) in [6.07, 6.45) is -4.14. The van der Waals surface area contributed by atoms with E-state index in [2.05, 4.69) is 5.32 Å². The van der Waals surface area contributed by atoms with Crippen molar-refractivity contribution in [3.63, 3.8) is 0 Å². The second kappa shape index (κ2) is 12.4. The minimum Gasteiger partial charge on any atom is -0.493 e. The molecule has 0 heterocycles. The minimum atomic E-state index is -4.72. The maximum absolute atomic E-state index is 13.8. The molecule has 3 rings (SSSR count). The van der Waals surface area contributed by atoms with E-state index in [1.807, 2.05) is 44.2 Å². The van der Waals surface area contributed by atoms with Crippen molar-refractivity contribution < 1.29 is 35.9 Å². The van der Waals surface area contributed by atoms with Crippen molar-refractivity contribution in [1.82, 2.24) is 5.32 Å². The van der Waals surface area contributed by atoms with Crippen LogP contribution in [-0.4, -0.2) is 35.1 Å². The summed E-state index contributed by atoms with van der Waals surface area (Å²) in [7, 11) is -1.82. The molecular formula is C28H31F3N2O5S. The molecule has 3 aromatic rings. The van der Waals surface area contributed by atoms with E-state index in [1.54, 1.807) is 0 Å². The Kier molecular flexibility index (Phi) is 9.49. The number of halogens is 3. The molecule has 0 bridgehead atoms. The Bertz CT molecular complexity index is 1380. The van der Waals surface area contributed by atoms with E-state index in [0.29, 0.717) is 16.8 Å². The van der Waals surface area contributed by atoms with E-state index >= 15 is 0 Å². The highest BCUT2D eigenvalue weighted by Gasteiger charge is 2.34. The summed E-state index contributed by atoms with van der Waals surface area (Å²) in [4.78, 5) is 13.0. The summed E-state index contributed by atoms with van der Waals surface area (Å²) in [5, 5.41) is 2.86. The second-order valence-corrected chi connectivity index (χ2v) is 11.1. The Morgan fingerprint density at radius 3 is 2.18 bits per heavy atom. The van der Waals surface area contributed by atoms with Gasteiger partial charge in [0.15, 0.2) is 11.5 Å². The first kappa shape index (κ1) is 29.8. The van der Waals surface area contributed by atoms with Crippen LogP contribution < -0.4 is 19.1 Å². The van der Waals surface area contributed by atoms with Crippen LogP contribution in [0.3, 0.4) is 0 Å². The van der Waals surface area contributed by atoms with Crippen molar-refractivity contribution in [2.75, 3.05) is 25.1 Å². The number of hydrogen-bond acceptors (Lipinski definition) is 5. The van der Waals surface area contributed by atoms with E-state index in [1.165, 1.54) is 38.5 Å². The Morgan fingerprint density at radius 1 is 0.923 bits per heavy atom. The highest BCUT2D eigenvalue weighted by atomic mass is 32.2. The van der Waals surface area contributed by atoms with E-state index in [0.717, 1.165) is 17.7 Å². The largest absolute Gasteiger partial charge is 0.493 e. The predicted molar refractivity (Wildman–Crippen MR) is 142 cm³/mol. The van der Waals surface area contributed by atoms with Crippen molar-refractivity contribution in [1.29, 1.82) is 0 Å². The fourth-order valence-electron chi connectivity index (χ4n) is 4.06. The van der Waals surface area contributed by atoms with Crippen molar-refractivity contribution in [3.8, 4) is 11.5 Å². The number of carbonyl (C=O) groups is 1. The van der Waals surface area contributed by atoms with E-state index in [9.17, 15) is 26.4 Å². The SMILES string of the molecule is COc1ccc(S(=O)(=O)N(CC(=O)NC(CC(C)C)c2ccccc2)c2cccc(C(F)(F)F)c2)cc1OC. The first-order valence-corrected chi connectivity index (χ1v) is 13.6. The molecule has 0 aliphatic carbocycles. The fourth-order valence-corrected chi connectivity index (χ4v) is 5.49. The molecule has 1 unspecified atom stereocenters. The first-order chi connectivity index (χ1) is 18.4. The number of carbonyl (C=O) groups excluding carboxylic acids is 1. The highest BCUT2D eigenvalue weighted by Crippen LogP contribution is 2.35. The average Bonchev–Trinajstić information content (AvgIpc) is 2.90. The van der Waals surface area contributed by atoms with Gasteiger partial charge in [0.05, 0.1) is 36.4 Å². The van der Waals surface area contributed by atoms with Gasteiger partial charge in [-0.2, -0.15) is 13.2 Å². The Balaban J connectivity index is 2.05. The van der Waals surface area contributed by atoms with Gasteiger partial charge in [0.2, 0.25) is 5.91 Å². The number of rotatable bonds is 11. The molecule has 1 amide bonds. The van der Waals surface area contributed by atoms with Gasteiger partial charge in [-0.25, -0.2) is 8.42 Å². The molecule has 0 fully saturated rings. The monoisotopic (exact) mass is 564 g/mol. The van der Waals surface area contributed by atoms with Crippen molar-refractivity contribution >= 4 is 21.6 Å². The first-order valence-electron chi connectivity index (χ1n) is 12.1. The molecule has 3 aromatic carbocycles. The topological polar surface area (TPSA) is 84.9 Å². The van der Waals surface area contributed by atoms with Crippen LogP contribution in [0, 0.1) is 5.92 Å². The maximum Gasteiger partial charge on any atom is 0.416 e. The number of benzene rings is 3. The quantitative estimate of drug-likeness (QED) is 0.317. The van der Waals surface area contributed by atoms with Crippen LogP contribution in [-0.2, 0) is 21.0 Å². The number of amides is 1. The lowest BCUT2D eigenvalue weighted by molar-refractivity contribution is -0.137. The molecular weight excluding hydrogens is 533 g/mol. The van der Waals surface area contributed by atoms with Gasteiger partial charge in [0.1, 0.15) is 6.54 Å². The molecule has 0 radical (unpaired) electrons. The van der Waals surface area contributed by atoms with E-state index in [-0.39, 0.29) is 28.0 Å². The fraction of sp³-hybridized carbons (Fsp3) is 0.321. The number of sulfonamides is 1. The van der Waals surface area contributed by atoms with Crippen LogP contribution in [0.15, 0.2) is 77.7 Å². The van der Waals surface area contributed by atoms with Gasteiger partial charge in [-0.3, -0.25) is 9.10 Å². The van der Waals surface area contributed by atoms with Gasteiger partial charge >= 0.3 is 6.18 Å². The highest BCUT2D eigenvalue weighted by molar-refractivity contribution is 7.92. The number of nitrogens with one attached hydrogen (secondary N) is 1. The smallest absolute Gasteiger partial charge is 0.416 e. The van der Waals surface area contributed by atoms with Gasteiger partial charge in [0, 0.05) is 6.07 Å². The van der Waals surface area contributed by atoms with Crippen LogP contribution in [0.2, 0.25) is 0 Å². The summed E-state index contributed by atoms with van der Waals surface area (Å²) in [6, 6.07) is 16.4. The summed E-state index contributed by atoms with van der Waals surface area (Å²) < 4.78 is 79.1. The third-order valence-electron chi connectivity index (χ3n) is 5.94. The lowest BCUT2D eigenvalue weighted by atomic mass is 9.97. The molecule has 39 heavy (non-hydrogen) atoms. The third kappa shape index (κ3) is 7.44. The van der Waals surface area contributed by atoms with Gasteiger partial charge in [-0.1, -0.05) is 50.2 Å². The van der Waals surface area contributed by atoms with E-state index in [4.69, 9.17) is 9.47 Å². The van der Waals surface area contributed by atoms with Gasteiger partial charge in [-0.05, 0) is 48.2 Å². The Morgan fingerprint density at radius 2 is 1.59 bits per heavy atom. The standard InChI is InChI=1S/C28H31F3N2O5S/c1-19(2)15-24(20-9-6-5-7-10-20)32-27(34)18-33(22-12-8-11-21(16-22)28(29,30)31)39(35,36)23-13-14-25(37-3)26(17-23)38-4/h5-14,16-17,19,24H,15,18H2,1-4H3,(H,32,34). The molecule has 1 atom stereocenters. The second-order valence-electron chi connectivity index (χ2n) is 9.24. The molecule has 210 valence electrons. The van der Waals surface area contributed by atoms with Crippen LogP contribution >= 0.6 is 0 Å². The molecule has 0 saturated heterocycles. The third-order valence-corrected chi connectivity index (χ3v) is 7.71. The predicted octanol–water partition coefficient (Wildman–Crippen LogP) is 5.82. The Labute approximate surface area is 226 Å². The number of anilines is 1. The summed E-state index contributed by atoms with van der Waals surface area (Å²) in [5.41, 5.74) is -0.530. The van der Waals surface area contributed by atoms with Crippen molar-refractivity contribution in [2.24, 2.45) is 5.92 Å². The van der Waals surface area contributed by atoms with E-state index < -0.39 is 40.3 Å². The molecule has 0 spiro atoms. The van der Waals surface area contributed by atoms with Gasteiger partial charge < -0.3 is 14.8 Å². The molecule has 0 aliphatic rings. The van der Waals surface area contributed by atoms with Crippen LogP contribution in [0.5, 0.6) is 11.5 Å². The number of ether oxygens (including phenoxy) is 2. The zero-order valence-corrected chi connectivity index (χ0v) is 22.8. The Hall–Kier alpha value is -3.73. The number of methoxy groups -OCH3 is 2. The maximum atomic E-state index is 13.8. The molecule has 11 heteroatoms.